The third-order valence-corrected chi connectivity index (χ3v) is 7.77. The lowest BCUT2D eigenvalue weighted by Gasteiger charge is -2.11. The van der Waals surface area contributed by atoms with Gasteiger partial charge in [-0.3, -0.25) is 0 Å². The Morgan fingerprint density at radius 2 is 1.77 bits per heavy atom. The minimum absolute atomic E-state index is 0.0400. The summed E-state index contributed by atoms with van der Waals surface area (Å²) in [6.45, 7) is 0. The van der Waals surface area contributed by atoms with Gasteiger partial charge < -0.3 is 9.67 Å². The summed E-state index contributed by atoms with van der Waals surface area (Å²) in [5.74, 6) is -1.97. The number of pyridine rings is 1. The summed E-state index contributed by atoms with van der Waals surface area (Å²) in [5.41, 5.74) is 1.21. The maximum Gasteiger partial charge on any atom is 0.337 e. The molecule has 0 aliphatic heterocycles. The first kappa shape index (κ1) is 22.8. The van der Waals surface area contributed by atoms with Gasteiger partial charge >= 0.3 is 5.97 Å². The summed E-state index contributed by atoms with van der Waals surface area (Å²) in [6.07, 6.45) is 2.85. The predicted octanol–water partition coefficient (Wildman–Crippen LogP) is 5.44. The number of hydrogen-bond donors (Lipinski definition) is 1. The fraction of sp³-hybridized carbons (Fsp3) is 0.0400. The number of rotatable bonds is 5. The van der Waals surface area contributed by atoms with E-state index < -0.39 is 21.8 Å². The van der Waals surface area contributed by atoms with Gasteiger partial charge in [0.1, 0.15) is 0 Å². The molecule has 10 heteroatoms. The highest BCUT2D eigenvalue weighted by molar-refractivity contribution is 7.90. The van der Waals surface area contributed by atoms with Crippen molar-refractivity contribution in [1.29, 1.82) is 0 Å². The summed E-state index contributed by atoms with van der Waals surface area (Å²) in [6, 6.07) is 17.0. The first-order chi connectivity index (χ1) is 16.7. The summed E-state index contributed by atoms with van der Waals surface area (Å²) in [5, 5.41) is 10.2. The predicted molar refractivity (Wildman–Crippen MR) is 131 cm³/mol. The van der Waals surface area contributed by atoms with Gasteiger partial charge in [-0.25, -0.2) is 26.6 Å². The zero-order valence-corrected chi connectivity index (χ0v) is 19.8. The third kappa shape index (κ3) is 3.60. The third-order valence-electron chi connectivity index (χ3n) is 5.80. The second-order valence-electron chi connectivity index (χ2n) is 7.78. The Morgan fingerprint density at radius 1 is 1.03 bits per heavy atom. The second-order valence-corrected chi connectivity index (χ2v) is 10.0. The minimum atomic E-state index is -3.91. The van der Waals surface area contributed by atoms with Crippen LogP contribution in [0.1, 0.15) is 10.4 Å². The van der Waals surface area contributed by atoms with Crippen LogP contribution < -0.4 is 0 Å². The van der Waals surface area contributed by atoms with E-state index in [1.54, 1.807) is 41.9 Å². The van der Waals surface area contributed by atoms with E-state index in [0.717, 1.165) is 3.97 Å². The molecule has 176 valence electrons. The fourth-order valence-electron chi connectivity index (χ4n) is 4.18. The number of benzene rings is 2. The molecule has 0 aliphatic carbocycles. The number of fused-ring (bicyclic) bond motifs is 1. The van der Waals surface area contributed by atoms with Crippen LogP contribution in [0.3, 0.4) is 0 Å². The van der Waals surface area contributed by atoms with Crippen molar-refractivity contribution in [3.63, 3.8) is 0 Å². The van der Waals surface area contributed by atoms with Crippen molar-refractivity contribution >= 4 is 38.6 Å². The zero-order valence-electron chi connectivity index (χ0n) is 18.2. The molecule has 0 radical (unpaired) electrons. The van der Waals surface area contributed by atoms with Gasteiger partial charge in [0.05, 0.1) is 21.2 Å². The average Bonchev–Trinajstić information content (AvgIpc) is 3.43. The van der Waals surface area contributed by atoms with Crippen molar-refractivity contribution in [1.82, 2.24) is 13.5 Å². The average molecular weight is 510 g/mol. The molecule has 0 atom stereocenters. The highest BCUT2D eigenvalue weighted by Crippen LogP contribution is 2.37. The molecule has 0 saturated carbocycles. The van der Waals surface area contributed by atoms with Gasteiger partial charge in [-0.1, -0.05) is 35.9 Å². The molecule has 5 rings (SSSR count). The van der Waals surface area contributed by atoms with Crippen LogP contribution in [-0.4, -0.2) is 33.0 Å². The van der Waals surface area contributed by atoms with Gasteiger partial charge in [-0.2, -0.15) is 0 Å². The second kappa shape index (κ2) is 8.37. The van der Waals surface area contributed by atoms with Crippen molar-refractivity contribution in [2.24, 2.45) is 7.05 Å². The van der Waals surface area contributed by atoms with E-state index in [1.165, 1.54) is 48.8 Å². The van der Waals surface area contributed by atoms with Crippen molar-refractivity contribution in [2.45, 2.75) is 4.90 Å². The van der Waals surface area contributed by atoms with Crippen LogP contribution in [0.25, 0.3) is 33.5 Å². The molecule has 1 N–H and O–H groups in total. The standard InChI is InChI=1S/C25H17ClFN3O4S/c1-29-21(14-19(25(31)32)23(29)18-8-5-9-20(26)22(18)27)16-10-12-28-24-17(16)11-13-30(24)35(33,34)15-6-3-2-4-7-15/h2-14H,1H3,(H,31,32). The minimum Gasteiger partial charge on any atom is -0.478 e. The lowest BCUT2D eigenvalue weighted by molar-refractivity contribution is 0.0697. The first-order valence-corrected chi connectivity index (χ1v) is 12.2. The van der Waals surface area contributed by atoms with Crippen LogP contribution in [0.4, 0.5) is 4.39 Å². The molecule has 35 heavy (non-hydrogen) atoms. The van der Waals surface area contributed by atoms with E-state index in [1.807, 2.05) is 0 Å². The van der Waals surface area contributed by atoms with E-state index in [0.29, 0.717) is 16.6 Å². The Balaban J connectivity index is 1.74. The Labute approximate surface area is 204 Å². The molecule has 2 aromatic carbocycles. The number of aromatic carboxylic acids is 1. The van der Waals surface area contributed by atoms with E-state index >= 15 is 0 Å². The largest absolute Gasteiger partial charge is 0.478 e. The molecule has 3 heterocycles. The monoisotopic (exact) mass is 509 g/mol. The smallest absolute Gasteiger partial charge is 0.337 e. The summed E-state index contributed by atoms with van der Waals surface area (Å²) < 4.78 is 43.9. The molecule has 0 bridgehead atoms. The topological polar surface area (TPSA) is 94.2 Å². The number of carboxylic acid groups (broad SMARTS) is 1. The van der Waals surface area contributed by atoms with Crippen molar-refractivity contribution in [3.8, 4) is 22.5 Å². The zero-order chi connectivity index (χ0) is 24.9. The fourth-order valence-corrected chi connectivity index (χ4v) is 5.67. The van der Waals surface area contributed by atoms with E-state index in [4.69, 9.17) is 11.6 Å². The molecule has 3 aromatic heterocycles. The summed E-state index contributed by atoms with van der Waals surface area (Å²) >= 11 is 5.95. The lowest BCUT2D eigenvalue weighted by atomic mass is 10.1. The molecule has 0 saturated heterocycles. The summed E-state index contributed by atoms with van der Waals surface area (Å²) in [4.78, 5) is 16.5. The highest BCUT2D eigenvalue weighted by atomic mass is 35.5. The maximum absolute atomic E-state index is 14.9. The van der Waals surface area contributed by atoms with Crippen LogP contribution in [0.15, 0.2) is 84.0 Å². The quantitative estimate of drug-likeness (QED) is 0.340. The highest BCUT2D eigenvalue weighted by Gasteiger charge is 2.26. The number of carbonyl (C=O) groups is 1. The van der Waals surface area contributed by atoms with E-state index in [-0.39, 0.29) is 32.4 Å². The first-order valence-electron chi connectivity index (χ1n) is 10.4. The molecule has 7 nitrogen and oxygen atoms in total. The number of hydrogen-bond acceptors (Lipinski definition) is 4. The summed E-state index contributed by atoms with van der Waals surface area (Å²) in [7, 11) is -2.30. The van der Waals surface area contributed by atoms with E-state index in [2.05, 4.69) is 4.98 Å². The Morgan fingerprint density at radius 3 is 2.49 bits per heavy atom. The molecule has 0 amide bonds. The van der Waals surface area contributed by atoms with Crippen LogP contribution >= 0.6 is 11.6 Å². The number of nitrogens with zero attached hydrogens (tertiary/aromatic N) is 3. The van der Waals surface area contributed by atoms with E-state index in [9.17, 15) is 22.7 Å². The van der Waals surface area contributed by atoms with Crippen molar-refractivity contribution in [3.05, 3.63) is 95.5 Å². The van der Waals surface area contributed by atoms with Gasteiger partial charge in [0, 0.05) is 41.6 Å². The number of carboxylic acids is 1. The lowest BCUT2D eigenvalue weighted by Crippen LogP contribution is -2.12. The van der Waals surface area contributed by atoms with Crippen LogP contribution in [0, 0.1) is 5.82 Å². The number of aromatic nitrogens is 3. The molecule has 5 aromatic rings. The van der Waals surface area contributed by atoms with Crippen molar-refractivity contribution in [2.75, 3.05) is 0 Å². The van der Waals surface area contributed by atoms with Crippen LogP contribution in [-0.2, 0) is 17.1 Å². The SMILES string of the molecule is Cn1c(-c2ccnc3c2ccn3S(=O)(=O)c2ccccc2)cc(C(=O)O)c1-c1cccc(Cl)c1F. The Hall–Kier alpha value is -3.95. The molecule has 0 unspecified atom stereocenters. The number of halogens is 2. The van der Waals surface area contributed by atoms with Gasteiger partial charge in [-0.15, -0.1) is 0 Å². The van der Waals surface area contributed by atoms with Gasteiger partial charge in [0.15, 0.2) is 11.5 Å². The molecule has 0 fully saturated rings. The normalized spacial score (nSPS) is 11.7. The molecule has 0 spiro atoms. The van der Waals surface area contributed by atoms with Crippen LogP contribution in [0.5, 0.6) is 0 Å². The van der Waals surface area contributed by atoms with Crippen molar-refractivity contribution < 1.29 is 22.7 Å². The Kier molecular flexibility index (Phi) is 5.46. The Bertz CT molecular complexity index is 1730. The maximum atomic E-state index is 14.9. The van der Waals surface area contributed by atoms with Gasteiger partial charge in [-0.05, 0) is 42.5 Å². The molecule has 0 aliphatic rings. The van der Waals surface area contributed by atoms with Crippen LogP contribution in [0.2, 0.25) is 5.02 Å². The molecular weight excluding hydrogens is 493 g/mol. The van der Waals surface area contributed by atoms with Gasteiger partial charge in [0.25, 0.3) is 10.0 Å². The molecular formula is C25H17ClFN3O4S. The van der Waals surface area contributed by atoms with Gasteiger partial charge in [0.2, 0.25) is 0 Å².